The number of aryl methyl sites for hydroxylation is 1. The summed E-state index contributed by atoms with van der Waals surface area (Å²) >= 11 is 0. The van der Waals surface area contributed by atoms with Gasteiger partial charge in [0, 0.05) is 6.07 Å². The largest absolute Gasteiger partial charge is 0.192 e. The Morgan fingerprint density at radius 1 is 1.56 bits per heavy atom. The summed E-state index contributed by atoms with van der Waals surface area (Å²) in [6, 6.07) is 10.3. The quantitative estimate of drug-likeness (QED) is 0.505. The number of hydrogen-bond acceptors (Lipinski definition) is 1. The van der Waals surface area contributed by atoms with Crippen LogP contribution in [0.2, 0.25) is 0 Å². The van der Waals surface area contributed by atoms with Crippen LogP contribution in [0.5, 0.6) is 0 Å². The Bertz CT molecular complexity index is 228. The summed E-state index contributed by atoms with van der Waals surface area (Å²) in [7, 11) is 0. The first-order chi connectivity index (χ1) is 4.33. The molecule has 1 nitrogen and oxygen atoms in total. The normalized spacial score (nSPS) is 8.44. The van der Waals surface area contributed by atoms with Gasteiger partial charge in [0.15, 0.2) is 0 Å². The van der Waals surface area contributed by atoms with E-state index in [-0.39, 0.29) is 0 Å². The first kappa shape index (κ1) is 5.84. The minimum atomic E-state index is 0.598. The Balaban J connectivity index is 3.06. The van der Waals surface area contributed by atoms with Crippen molar-refractivity contribution < 1.29 is 0 Å². The summed E-state index contributed by atoms with van der Waals surface area (Å²) in [6.45, 7) is 1.97. The molecule has 0 saturated heterocycles. The number of hydrogen-bond donors (Lipinski definition) is 0. The van der Waals surface area contributed by atoms with Crippen molar-refractivity contribution in [3.05, 3.63) is 35.4 Å². The SMILES string of the molecule is Cc1c[c]c(C#N)cc1. The van der Waals surface area contributed by atoms with Crippen LogP contribution in [0.4, 0.5) is 0 Å². The van der Waals surface area contributed by atoms with Crippen molar-refractivity contribution in [1.82, 2.24) is 0 Å². The van der Waals surface area contributed by atoms with Crippen LogP contribution in [-0.4, -0.2) is 0 Å². The zero-order valence-electron chi connectivity index (χ0n) is 5.18. The van der Waals surface area contributed by atoms with Gasteiger partial charge in [-0.3, -0.25) is 0 Å². The number of benzene rings is 1. The van der Waals surface area contributed by atoms with Crippen molar-refractivity contribution in [2.24, 2.45) is 0 Å². The average Bonchev–Trinajstić information content (AvgIpc) is 1.90. The van der Waals surface area contributed by atoms with Crippen LogP contribution in [0.3, 0.4) is 0 Å². The van der Waals surface area contributed by atoms with Crippen LogP contribution in [0.25, 0.3) is 0 Å². The predicted molar refractivity (Wildman–Crippen MR) is 34.7 cm³/mol. The van der Waals surface area contributed by atoms with E-state index in [2.05, 4.69) is 6.07 Å². The Kier molecular flexibility index (Phi) is 1.51. The van der Waals surface area contributed by atoms with Gasteiger partial charge in [-0.25, -0.2) is 0 Å². The summed E-state index contributed by atoms with van der Waals surface area (Å²) in [5.74, 6) is 0. The van der Waals surface area contributed by atoms with Crippen LogP contribution >= 0.6 is 0 Å². The Morgan fingerprint density at radius 2 is 2.33 bits per heavy atom. The molecule has 1 aromatic carbocycles. The molecule has 0 unspecified atom stereocenters. The van der Waals surface area contributed by atoms with E-state index >= 15 is 0 Å². The van der Waals surface area contributed by atoms with E-state index in [1.54, 1.807) is 12.1 Å². The fourth-order valence-corrected chi connectivity index (χ4v) is 0.572. The van der Waals surface area contributed by atoms with Crippen molar-refractivity contribution in [1.29, 1.82) is 5.26 Å². The standard InChI is InChI=1S/C8H6N/c1-7-2-4-8(6-9)5-3-7/h2-4H,1H3. The number of nitriles is 1. The predicted octanol–water partition coefficient (Wildman–Crippen LogP) is 1.67. The molecule has 43 valence electrons. The van der Waals surface area contributed by atoms with Crippen molar-refractivity contribution in [3.63, 3.8) is 0 Å². The molecule has 0 spiro atoms. The Morgan fingerprint density at radius 3 is 2.78 bits per heavy atom. The van der Waals surface area contributed by atoms with E-state index in [0.29, 0.717) is 5.56 Å². The maximum absolute atomic E-state index is 8.35. The Hall–Kier alpha value is -1.29. The third-order valence-electron chi connectivity index (χ3n) is 1.09. The molecule has 0 aliphatic heterocycles. The molecule has 0 heterocycles. The second-order valence-electron chi connectivity index (χ2n) is 1.89. The minimum absolute atomic E-state index is 0.598. The second-order valence-corrected chi connectivity index (χ2v) is 1.89. The molecule has 0 saturated carbocycles. The molecular weight excluding hydrogens is 110 g/mol. The van der Waals surface area contributed by atoms with Crippen molar-refractivity contribution in [2.45, 2.75) is 6.92 Å². The maximum atomic E-state index is 8.35. The highest BCUT2D eigenvalue weighted by Crippen LogP contribution is 1.98. The number of nitrogens with zero attached hydrogens (tertiary/aromatic N) is 1. The molecule has 0 amide bonds. The molecule has 0 bridgehead atoms. The zero-order valence-corrected chi connectivity index (χ0v) is 5.18. The highest BCUT2D eigenvalue weighted by atomic mass is 14.2. The summed E-state index contributed by atoms with van der Waals surface area (Å²) in [5.41, 5.74) is 1.73. The average molecular weight is 116 g/mol. The van der Waals surface area contributed by atoms with Crippen molar-refractivity contribution in [2.75, 3.05) is 0 Å². The first-order valence-electron chi connectivity index (χ1n) is 2.71. The van der Waals surface area contributed by atoms with Gasteiger partial charge in [0.25, 0.3) is 0 Å². The lowest BCUT2D eigenvalue weighted by molar-refractivity contribution is 1.42. The molecule has 1 heteroatoms. The van der Waals surface area contributed by atoms with Crippen LogP contribution in [0.1, 0.15) is 11.1 Å². The smallest absolute Gasteiger partial charge is 0.0998 e. The third-order valence-corrected chi connectivity index (χ3v) is 1.09. The third kappa shape index (κ3) is 1.30. The molecule has 1 radical (unpaired) electrons. The molecule has 0 aromatic heterocycles. The lowest BCUT2D eigenvalue weighted by Crippen LogP contribution is -1.73. The topological polar surface area (TPSA) is 23.8 Å². The van der Waals surface area contributed by atoms with E-state index in [1.165, 1.54) is 0 Å². The number of rotatable bonds is 0. The Labute approximate surface area is 54.6 Å². The van der Waals surface area contributed by atoms with Crippen LogP contribution in [-0.2, 0) is 0 Å². The van der Waals surface area contributed by atoms with Gasteiger partial charge >= 0.3 is 0 Å². The van der Waals surface area contributed by atoms with Crippen LogP contribution < -0.4 is 0 Å². The second kappa shape index (κ2) is 2.32. The highest BCUT2D eigenvalue weighted by molar-refractivity contribution is 5.29. The zero-order chi connectivity index (χ0) is 6.69. The van der Waals surface area contributed by atoms with Gasteiger partial charge < -0.3 is 0 Å². The van der Waals surface area contributed by atoms with E-state index < -0.39 is 0 Å². The lowest BCUT2D eigenvalue weighted by Gasteiger charge is -1.87. The summed E-state index contributed by atoms with van der Waals surface area (Å²) < 4.78 is 0. The molecule has 0 fully saturated rings. The lowest BCUT2D eigenvalue weighted by atomic mass is 10.2. The van der Waals surface area contributed by atoms with Crippen molar-refractivity contribution >= 4 is 0 Å². The molecular formula is C8H6N. The molecule has 9 heavy (non-hydrogen) atoms. The molecule has 1 aromatic rings. The van der Waals surface area contributed by atoms with Gasteiger partial charge in [-0.2, -0.15) is 5.26 Å². The van der Waals surface area contributed by atoms with E-state index in [0.717, 1.165) is 5.56 Å². The van der Waals surface area contributed by atoms with Gasteiger partial charge in [0.2, 0.25) is 0 Å². The van der Waals surface area contributed by atoms with Crippen molar-refractivity contribution in [3.8, 4) is 6.07 Å². The summed E-state index contributed by atoms with van der Waals surface area (Å²) in [6.07, 6.45) is 0. The highest BCUT2D eigenvalue weighted by Gasteiger charge is 1.85. The van der Waals surface area contributed by atoms with Gasteiger partial charge in [0.1, 0.15) is 0 Å². The molecule has 0 aliphatic rings. The van der Waals surface area contributed by atoms with Crippen LogP contribution in [0.15, 0.2) is 18.2 Å². The minimum Gasteiger partial charge on any atom is -0.192 e. The van der Waals surface area contributed by atoms with E-state index in [4.69, 9.17) is 5.26 Å². The fourth-order valence-electron chi connectivity index (χ4n) is 0.572. The summed E-state index contributed by atoms with van der Waals surface area (Å²) in [4.78, 5) is 0. The fraction of sp³-hybridized carbons (Fsp3) is 0.125. The van der Waals surface area contributed by atoms with Gasteiger partial charge in [-0.1, -0.05) is 17.7 Å². The van der Waals surface area contributed by atoms with Gasteiger partial charge in [0.05, 0.1) is 11.6 Å². The first-order valence-corrected chi connectivity index (χ1v) is 2.71. The molecule has 0 aliphatic carbocycles. The maximum Gasteiger partial charge on any atom is 0.0998 e. The van der Waals surface area contributed by atoms with Gasteiger partial charge in [-0.15, -0.1) is 0 Å². The van der Waals surface area contributed by atoms with Gasteiger partial charge in [-0.05, 0) is 13.0 Å². The van der Waals surface area contributed by atoms with E-state index in [9.17, 15) is 0 Å². The molecule has 0 N–H and O–H groups in total. The molecule has 1 rings (SSSR count). The summed E-state index contributed by atoms with van der Waals surface area (Å²) in [5, 5.41) is 8.35. The van der Waals surface area contributed by atoms with E-state index in [1.807, 2.05) is 19.1 Å². The van der Waals surface area contributed by atoms with Crippen LogP contribution in [0, 0.1) is 24.3 Å². The molecule has 0 atom stereocenters. The monoisotopic (exact) mass is 116 g/mol.